The quantitative estimate of drug-likeness (QED) is 0.0218. The predicted octanol–water partition coefficient (Wildman–Crippen LogP) is 0.894. The highest BCUT2D eigenvalue weighted by molar-refractivity contribution is 8.76. The van der Waals surface area contributed by atoms with Gasteiger partial charge in [-0.05, 0) is 74.2 Å². The van der Waals surface area contributed by atoms with Gasteiger partial charge in [0.1, 0.15) is 42.0 Å². The summed E-state index contributed by atoms with van der Waals surface area (Å²) < 4.78 is 17.7. The summed E-state index contributed by atoms with van der Waals surface area (Å²) in [6.45, 7) is 7.30. The van der Waals surface area contributed by atoms with Gasteiger partial charge in [0.2, 0.25) is 17.7 Å². The van der Waals surface area contributed by atoms with Crippen molar-refractivity contribution in [1.82, 2.24) is 41.6 Å². The molecule has 1 saturated carbocycles. The lowest BCUT2D eigenvalue weighted by Crippen LogP contribution is -2.82. The van der Waals surface area contributed by atoms with E-state index in [-0.39, 0.29) is 36.9 Å². The molecule has 2 unspecified atom stereocenters. The molecule has 0 radical (unpaired) electrons. The number of carboxylic acid groups (broad SMARTS) is 3. The number of anilines is 1. The second-order valence-corrected chi connectivity index (χ2v) is 26.5. The van der Waals surface area contributed by atoms with E-state index in [9.17, 15) is 64.2 Å². The second kappa shape index (κ2) is 25.8. The number of aliphatic carboxylic acids is 3. The molecule has 3 aromatic rings. The molecule has 29 heteroatoms. The van der Waals surface area contributed by atoms with E-state index >= 15 is 9.59 Å². The maximum absolute atomic E-state index is 15.5. The number of nitrogens with zero attached hydrogens (tertiary/aromatic N) is 3. The van der Waals surface area contributed by atoms with Crippen molar-refractivity contribution in [2.24, 2.45) is 11.3 Å². The topological polar surface area (TPSA) is 388 Å². The largest absolute Gasteiger partial charge is 0.496 e. The molecule has 3 fully saturated rings. The number of aliphatic hydroxyl groups excluding tert-OH is 1. The molecular weight excluding hydrogens is 1190 g/mol. The van der Waals surface area contributed by atoms with Gasteiger partial charge in [-0.15, -0.1) is 0 Å². The zero-order chi connectivity index (χ0) is 63.8. The van der Waals surface area contributed by atoms with E-state index in [1.807, 2.05) is 62.4 Å². The van der Waals surface area contributed by atoms with Crippen LogP contribution < -0.4 is 36.4 Å². The Labute approximate surface area is 514 Å². The van der Waals surface area contributed by atoms with E-state index in [1.165, 1.54) is 14.2 Å². The lowest BCUT2D eigenvalue weighted by atomic mass is 9.47. The molecule has 2 aromatic carbocycles. The summed E-state index contributed by atoms with van der Waals surface area (Å²) in [6.07, 6.45) is 1.33. The third-order valence-electron chi connectivity index (χ3n) is 18.9. The number of rotatable bonds is 22. The summed E-state index contributed by atoms with van der Waals surface area (Å²) >= 11 is 0. The van der Waals surface area contributed by atoms with Crippen molar-refractivity contribution in [3.63, 3.8) is 0 Å². The molecule has 2 saturated heterocycles. The molecule has 1 aromatic heterocycles. The Morgan fingerprint density at radius 1 is 0.841 bits per heavy atom. The minimum Gasteiger partial charge on any atom is -0.496 e. The van der Waals surface area contributed by atoms with Crippen LogP contribution in [0.15, 0.2) is 48.6 Å². The van der Waals surface area contributed by atoms with Crippen LogP contribution in [0.25, 0.3) is 10.9 Å². The first-order valence-corrected chi connectivity index (χ1v) is 31.7. The van der Waals surface area contributed by atoms with Gasteiger partial charge in [-0.3, -0.25) is 48.8 Å². The molecular formula is C59H77N9O18S2. The second-order valence-electron chi connectivity index (χ2n) is 23.9. The van der Waals surface area contributed by atoms with Crippen LogP contribution in [-0.4, -0.2) is 219 Å². The first kappa shape index (κ1) is 65.3. The fourth-order valence-electron chi connectivity index (χ4n) is 15.4. The van der Waals surface area contributed by atoms with Crippen LogP contribution in [-0.2, 0) is 65.1 Å². The number of H-pyrrole nitrogens is 1. The number of carboxylic acids is 3. The molecule has 5 aliphatic heterocycles. The molecule has 6 aliphatic rings. The number of fused-ring (bicyclic) bond motifs is 6. The third-order valence-corrected chi connectivity index (χ3v) is 21.3. The number of nitrogens with one attached hydrogen (secondary N) is 6. The van der Waals surface area contributed by atoms with E-state index in [4.69, 9.17) is 14.2 Å². The van der Waals surface area contributed by atoms with Gasteiger partial charge in [-0.2, -0.15) is 0 Å². The molecule has 88 heavy (non-hydrogen) atoms. The number of piperidine rings is 1. The number of benzene rings is 2. The van der Waals surface area contributed by atoms with Crippen LogP contribution in [0, 0.1) is 11.3 Å². The molecule has 1 spiro atoms. The Morgan fingerprint density at radius 2 is 1.53 bits per heavy atom. The van der Waals surface area contributed by atoms with Crippen molar-refractivity contribution in [2.75, 3.05) is 77.0 Å². The molecule has 478 valence electrons. The highest BCUT2D eigenvalue weighted by Gasteiger charge is 2.79. The first-order chi connectivity index (χ1) is 41.8. The average Bonchev–Trinajstić information content (AvgIpc) is 1.44. The van der Waals surface area contributed by atoms with E-state index in [1.54, 1.807) is 11.9 Å². The van der Waals surface area contributed by atoms with Gasteiger partial charge in [0.05, 0.1) is 38.7 Å². The van der Waals surface area contributed by atoms with Gasteiger partial charge in [-0.25, -0.2) is 15.0 Å². The van der Waals surface area contributed by atoms with Crippen molar-refractivity contribution in [3.8, 4) is 5.75 Å². The molecule has 12 N–H and O–H groups in total. The van der Waals surface area contributed by atoms with E-state index in [2.05, 4.69) is 41.6 Å². The van der Waals surface area contributed by atoms with Crippen molar-refractivity contribution in [2.45, 2.75) is 130 Å². The fraction of sp³-hybridized carbons (Fsp3) is 0.576. The minimum absolute atomic E-state index is 0.0298. The predicted molar refractivity (Wildman–Crippen MR) is 320 cm³/mol. The van der Waals surface area contributed by atoms with Crippen LogP contribution in [0.3, 0.4) is 0 Å². The normalized spacial score (nSPS) is 29.4. The summed E-state index contributed by atoms with van der Waals surface area (Å²) in [4.78, 5) is 127. The Kier molecular flexibility index (Phi) is 19.1. The van der Waals surface area contributed by atoms with Crippen LogP contribution in [0.4, 0.5) is 10.5 Å². The zero-order valence-corrected chi connectivity index (χ0v) is 51.3. The van der Waals surface area contributed by atoms with Crippen LogP contribution >= 0.6 is 21.6 Å². The number of amides is 5. The summed E-state index contributed by atoms with van der Waals surface area (Å²) in [5.41, 5.74) is 1.09. The maximum atomic E-state index is 15.5. The number of methoxy groups -OCH3 is 2. The Morgan fingerprint density at radius 3 is 2.18 bits per heavy atom. The molecule has 1 aliphatic carbocycles. The van der Waals surface area contributed by atoms with Crippen molar-refractivity contribution in [3.05, 3.63) is 70.9 Å². The lowest BCUT2D eigenvalue weighted by Gasteiger charge is -2.63. The summed E-state index contributed by atoms with van der Waals surface area (Å²) in [5.74, 6) is -9.64. The van der Waals surface area contributed by atoms with Gasteiger partial charge in [0, 0.05) is 102 Å². The van der Waals surface area contributed by atoms with E-state index in [0.717, 1.165) is 45.0 Å². The number of hydrogen-bond acceptors (Lipinski definition) is 20. The number of hydrazine groups is 1. The Balaban J connectivity index is 0.954. The molecule has 5 amide bonds. The van der Waals surface area contributed by atoms with Gasteiger partial charge in [0.25, 0.3) is 5.91 Å². The number of carbonyl (C=O) groups is 9. The van der Waals surface area contributed by atoms with Crippen molar-refractivity contribution < 1.29 is 88.0 Å². The van der Waals surface area contributed by atoms with E-state index < -0.39 is 130 Å². The highest BCUT2D eigenvalue weighted by Crippen LogP contribution is 2.67. The van der Waals surface area contributed by atoms with Gasteiger partial charge in [0.15, 0.2) is 5.60 Å². The summed E-state index contributed by atoms with van der Waals surface area (Å²) in [6, 6.07) is 4.83. The lowest BCUT2D eigenvalue weighted by molar-refractivity contribution is -0.204. The first-order valence-electron chi connectivity index (χ1n) is 29.2. The smallest absolute Gasteiger partial charge is 0.426 e. The number of carbonyl (C=O) groups excluding carboxylic acids is 6. The standard InChI is InChI=1S/C59H77N9O18S2/c1-7-55(82)26-32-27-58(53(80)85-6,45-34(14-18-67(28-32)30-55)33-12-9-10-13-37(33)61-45)36-22-35-41(25-42(36)84-5)66(4)50-57(35)16-19-68-17-11-15-56(8-2,49(57)68)51(78)59(50,83)52(79)64-65-54(81)86-20-21-87-88-29-40(48(76)77)63-47(75)39(24-44(72)73)62-46(74)38(23-43(70)71)60-31(3)69/h9-13,15,22,25,32,38-40,49-51,61,78,82-83H,7-8,14,16-21,23-24,26-30H2,1-6H3,(H,60,69)(H,62,74)(H,63,75)(H,64,79)(H,65,81)(H,70,71)(H,72,73)(H,76,77)/t32-,38-,39?,40-,49+,50-,51-,55+,56-,57-,58+,59+/m1/s1. The molecule has 6 heterocycles. The van der Waals surface area contributed by atoms with Crippen LogP contribution in [0.1, 0.15) is 88.1 Å². The van der Waals surface area contributed by atoms with Gasteiger partial charge in [-0.1, -0.05) is 65.8 Å². The van der Waals surface area contributed by atoms with Crippen molar-refractivity contribution >= 4 is 91.8 Å². The number of aliphatic hydroxyl groups is 3. The number of hydrogen-bond donors (Lipinski definition) is 12. The number of aromatic nitrogens is 1. The monoisotopic (exact) mass is 1260 g/mol. The SMILES string of the molecule is CC[C@]1(O)C[C@H]2CN(CCc3c([nH]c4ccccc34)[C@@](C(=O)OC)(c3cc4c(cc3OC)N(C)[C@H]3[C@@](O)(C(=O)NNC(=O)OCCSSC[C@@H](NC(=O)C(CC(=O)O)NC(=O)[C@@H](CC(=O)O)NC(C)=O)C(=O)O)[C@H](O)[C@]5(CC)C=CCN6CC[C@]43[C@@H]65)C2)C1. The third kappa shape index (κ3) is 11.6. The van der Waals surface area contributed by atoms with Crippen LogP contribution in [0.5, 0.6) is 5.75 Å². The van der Waals surface area contributed by atoms with Crippen LogP contribution in [0.2, 0.25) is 0 Å². The molecule has 9 rings (SSSR count). The summed E-state index contributed by atoms with van der Waals surface area (Å²) in [7, 11) is 6.56. The highest BCUT2D eigenvalue weighted by atomic mass is 33.1. The maximum Gasteiger partial charge on any atom is 0.426 e. The van der Waals surface area contributed by atoms with E-state index in [0.29, 0.717) is 86.7 Å². The van der Waals surface area contributed by atoms with Crippen molar-refractivity contribution in [1.29, 1.82) is 0 Å². The number of ether oxygens (including phenoxy) is 3. The zero-order valence-electron chi connectivity index (χ0n) is 49.7. The fourth-order valence-corrected chi connectivity index (χ4v) is 17.3. The number of esters is 1. The number of aromatic amines is 1. The summed E-state index contributed by atoms with van der Waals surface area (Å²) in [5, 5.41) is 74.3. The molecule has 2 bridgehead atoms. The van der Waals surface area contributed by atoms with Gasteiger partial charge < -0.3 is 70.7 Å². The minimum atomic E-state index is -2.67. The molecule has 27 nitrogen and oxygen atoms in total. The molecule has 13 atom stereocenters. The average molecular weight is 1260 g/mol. The van der Waals surface area contributed by atoms with Gasteiger partial charge >= 0.3 is 30.0 Å². The Bertz CT molecular complexity index is 3280. The number of para-hydroxylation sites is 1. The number of likely N-dealkylation sites (N-methyl/N-ethyl adjacent to an activating group) is 1. The Hall–Kier alpha value is -7.15.